The van der Waals surface area contributed by atoms with Crippen molar-refractivity contribution in [2.24, 2.45) is 0 Å². The van der Waals surface area contributed by atoms with E-state index in [0.717, 1.165) is 5.56 Å². The fourth-order valence-electron chi connectivity index (χ4n) is 3.28. The fourth-order valence-corrected chi connectivity index (χ4v) is 3.69. The third-order valence-electron chi connectivity index (χ3n) is 4.94. The Kier molecular flexibility index (Phi) is 6.72. The molecule has 0 radical (unpaired) electrons. The SMILES string of the molecule is COc1cc(OCc2ccccc2)ccc1C=C1C(=O)NC(=S)N(c2ccc(Cl)cc2)C1=O. The van der Waals surface area contributed by atoms with Crippen LogP contribution in [0.4, 0.5) is 5.69 Å². The summed E-state index contributed by atoms with van der Waals surface area (Å²) in [7, 11) is 1.51. The van der Waals surface area contributed by atoms with Crippen molar-refractivity contribution in [1.29, 1.82) is 0 Å². The number of rotatable bonds is 6. The highest BCUT2D eigenvalue weighted by molar-refractivity contribution is 7.80. The highest BCUT2D eigenvalue weighted by Gasteiger charge is 2.34. The van der Waals surface area contributed by atoms with Crippen LogP contribution < -0.4 is 19.7 Å². The minimum atomic E-state index is -0.582. The van der Waals surface area contributed by atoms with Crippen LogP contribution in [0.15, 0.2) is 78.4 Å². The van der Waals surface area contributed by atoms with Gasteiger partial charge in [-0.15, -0.1) is 0 Å². The number of benzene rings is 3. The van der Waals surface area contributed by atoms with E-state index < -0.39 is 11.8 Å². The molecule has 0 unspecified atom stereocenters. The summed E-state index contributed by atoms with van der Waals surface area (Å²) in [6.45, 7) is 0.402. The molecule has 2 amide bonds. The Labute approximate surface area is 201 Å². The molecule has 1 saturated heterocycles. The highest BCUT2D eigenvalue weighted by atomic mass is 35.5. The number of carbonyl (C=O) groups is 2. The van der Waals surface area contributed by atoms with E-state index in [1.54, 1.807) is 42.5 Å². The molecule has 0 atom stereocenters. The maximum absolute atomic E-state index is 13.2. The summed E-state index contributed by atoms with van der Waals surface area (Å²) >= 11 is 11.2. The predicted octanol–water partition coefficient (Wildman–Crippen LogP) is 4.76. The predicted molar refractivity (Wildman–Crippen MR) is 131 cm³/mol. The van der Waals surface area contributed by atoms with Crippen LogP contribution in [0.5, 0.6) is 11.5 Å². The van der Waals surface area contributed by atoms with Crippen molar-refractivity contribution in [2.45, 2.75) is 6.61 Å². The number of hydrogen-bond donors (Lipinski definition) is 1. The Morgan fingerprint density at radius 2 is 1.76 bits per heavy atom. The molecule has 33 heavy (non-hydrogen) atoms. The van der Waals surface area contributed by atoms with Crippen LogP contribution in [-0.2, 0) is 16.2 Å². The molecule has 4 rings (SSSR count). The molecule has 8 heteroatoms. The Hall–Kier alpha value is -3.68. The number of nitrogens with one attached hydrogen (secondary N) is 1. The second-order valence-electron chi connectivity index (χ2n) is 7.11. The topological polar surface area (TPSA) is 67.9 Å². The van der Waals surface area contributed by atoms with Crippen molar-refractivity contribution in [3.8, 4) is 11.5 Å². The van der Waals surface area contributed by atoms with E-state index in [2.05, 4.69) is 5.32 Å². The van der Waals surface area contributed by atoms with Crippen molar-refractivity contribution >= 4 is 52.5 Å². The molecule has 0 aliphatic carbocycles. The van der Waals surface area contributed by atoms with E-state index in [1.165, 1.54) is 18.1 Å². The molecule has 0 spiro atoms. The number of nitrogens with zero attached hydrogens (tertiary/aromatic N) is 1. The molecule has 1 aliphatic rings. The maximum Gasteiger partial charge on any atom is 0.270 e. The molecular weight excluding hydrogens is 460 g/mol. The van der Waals surface area contributed by atoms with Crippen molar-refractivity contribution < 1.29 is 19.1 Å². The van der Waals surface area contributed by atoms with Gasteiger partial charge < -0.3 is 9.47 Å². The van der Waals surface area contributed by atoms with E-state index in [-0.39, 0.29) is 10.7 Å². The summed E-state index contributed by atoms with van der Waals surface area (Å²) in [5.41, 5.74) is 2.00. The third kappa shape index (κ3) is 5.05. The van der Waals surface area contributed by atoms with Gasteiger partial charge in [0.15, 0.2) is 5.11 Å². The van der Waals surface area contributed by atoms with Gasteiger partial charge in [-0.25, -0.2) is 0 Å². The molecule has 0 aromatic heterocycles. The zero-order valence-electron chi connectivity index (χ0n) is 17.6. The summed E-state index contributed by atoms with van der Waals surface area (Å²) < 4.78 is 11.3. The van der Waals surface area contributed by atoms with Gasteiger partial charge in [0.2, 0.25) is 0 Å². The zero-order valence-corrected chi connectivity index (χ0v) is 19.2. The monoisotopic (exact) mass is 478 g/mol. The molecule has 3 aromatic carbocycles. The largest absolute Gasteiger partial charge is 0.496 e. The van der Waals surface area contributed by atoms with Gasteiger partial charge in [-0.3, -0.25) is 19.8 Å². The lowest BCUT2D eigenvalue weighted by Crippen LogP contribution is -2.54. The summed E-state index contributed by atoms with van der Waals surface area (Å²) in [5.74, 6) is -0.0692. The molecule has 3 aromatic rings. The first kappa shape index (κ1) is 22.5. The normalized spacial score (nSPS) is 14.9. The van der Waals surface area contributed by atoms with Crippen molar-refractivity contribution in [3.05, 3.63) is 94.5 Å². The zero-order chi connectivity index (χ0) is 23.4. The van der Waals surface area contributed by atoms with Crippen LogP contribution in [-0.4, -0.2) is 24.0 Å². The first-order valence-electron chi connectivity index (χ1n) is 9.98. The number of carbonyl (C=O) groups excluding carboxylic acids is 2. The van der Waals surface area contributed by atoms with Crippen molar-refractivity contribution in [1.82, 2.24) is 5.32 Å². The number of amides is 2. The molecule has 6 nitrogen and oxygen atoms in total. The van der Waals surface area contributed by atoms with E-state index in [1.807, 2.05) is 30.3 Å². The second-order valence-corrected chi connectivity index (χ2v) is 7.94. The van der Waals surface area contributed by atoms with Gasteiger partial charge in [-0.2, -0.15) is 0 Å². The summed E-state index contributed by atoms with van der Waals surface area (Å²) in [4.78, 5) is 27.0. The Bertz CT molecular complexity index is 1240. The van der Waals surface area contributed by atoms with Gasteiger partial charge in [0.05, 0.1) is 12.8 Å². The molecular formula is C25H19ClN2O4S. The first-order chi connectivity index (χ1) is 16.0. The van der Waals surface area contributed by atoms with Crippen LogP contribution in [0, 0.1) is 0 Å². The summed E-state index contributed by atoms with van der Waals surface area (Å²) in [5, 5.41) is 3.08. The standard InChI is InChI=1S/C25H19ClN2O4S/c1-31-22-14-20(32-15-16-5-3-2-4-6-16)12-7-17(22)13-21-23(29)27-25(33)28(24(21)30)19-10-8-18(26)9-11-19/h2-14H,15H2,1H3,(H,27,29,33). The number of halogens is 1. The third-order valence-corrected chi connectivity index (χ3v) is 5.48. The van der Waals surface area contributed by atoms with E-state index >= 15 is 0 Å². The number of anilines is 1. The number of ether oxygens (including phenoxy) is 2. The lowest BCUT2D eigenvalue weighted by atomic mass is 10.1. The second kappa shape index (κ2) is 9.85. The highest BCUT2D eigenvalue weighted by Crippen LogP contribution is 2.29. The molecule has 1 fully saturated rings. The van der Waals surface area contributed by atoms with Crippen LogP contribution in [0.2, 0.25) is 5.02 Å². The lowest BCUT2D eigenvalue weighted by Gasteiger charge is -2.29. The van der Waals surface area contributed by atoms with Crippen LogP contribution in [0.3, 0.4) is 0 Å². The average molecular weight is 479 g/mol. The Morgan fingerprint density at radius 1 is 1.03 bits per heavy atom. The van der Waals surface area contributed by atoms with Crippen LogP contribution in [0.25, 0.3) is 6.08 Å². The van der Waals surface area contributed by atoms with Gasteiger partial charge in [0, 0.05) is 16.7 Å². The number of thiocarbonyl (C=S) groups is 1. The lowest BCUT2D eigenvalue weighted by molar-refractivity contribution is -0.122. The first-order valence-corrected chi connectivity index (χ1v) is 10.8. The summed E-state index contributed by atoms with van der Waals surface area (Å²) in [6.07, 6.45) is 1.47. The minimum absolute atomic E-state index is 0.00102. The van der Waals surface area contributed by atoms with Crippen molar-refractivity contribution in [2.75, 3.05) is 12.0 Å². The maximum atomic E-state index is 13.2. The van der Waals surface area contributed by atoms with Gasteiger partial charge >= 0.3 is 0 Å². The quantitative estimate of drug-likeness (QED) is 0.314. The van der Waals surface area contributed by atoms with Gasteiger partial charge in [-0.05, 0) is 60.3 Å². The molecule has 1 aliphatic heterocycles. The smallest absolute Gasteiger partial charge is 0.270 e. The molecule has 1 heterocycles. The molecule has 0 bridgehead atoms. The fraction of sp³-hybridized carbons (Fsp3) is 0.0800. The summed E-state index contributed by atoms with van der Waals surface area (Å²) in [6, 6.07) is 21.6. The molecule has 166 valence electrons. The van der Waals surface area contributed by atoms with Crippen molar-refractivity contribution in [3.63, 3.8) is 0 Å². The number of methoxy groups -OCH3 is 1. The Balaban J connectivity index is 1.60. The number of hydrogen-bond acceptors (Lipinski definition) is 5. The molecule has 1 N–H and O–H groups in total. The average Bonchev–Trinajstić information content (AvgIpc) is 2.82. The van der Waals surface area contributed by atoms with Gasteiger partial charge in [-0.1, -0.05) is 41.9 Å². The van der Waals surface area contributed by atoms with Crippen LogP contribution >= 0.6 is 23.8 Å². The van der Waals surface area contributed by atoms with Crippen LogP contribution in [0.1, 0.15) is 11.1 Å². The Morgan fingerprint density at radius 3 is 2.45 bits per heavy atom. The van der Waals surface area contributed by atoms with Gasteiger partial charge in [0.1, 0.15) is 23.7 Å². The van der Waals surface area contributed by atoms with E-state index in [4.69, 9.17) is 33.3 Å². The van der Waals surface area contributed by atoms with E-state index in [9.17, 15) is 9.59 Å². The minimum Gasteiger partial charge on any atom is -0.496 e. The van der Waals surface area contributed by atoms with Gasteiger partial charge in [0.25, 0.3) is 11.8 Å². The van der Waals surface area contributed by atoms with E-state index in [0.29, 0.717) is 34.4 Å². The molecule has 0 saturated carbocycles.